The molecular weight excluding hydrogens is 330 g/mol. The van der Waals surface area contributed by atoms with Crippen molar-refractivity contribution in [2.45, 2.75) is 77.9 Å². The molecule has 0 N–H and O–H groups in total. The summed E-state index contributed by atoms with van der Waals surface area (Å²) in [5, 5.41) is 1.10. The molecule has 0 atom stereocenters. The first kappa shape index (κ1) is 15.6. The highest BCUT2D eigenvalue weighted by atomic mass is 28.3. The van der Waals surface area contributed by atoms with E-state index in [1.807, 2.05) is 26.1 Å². The first-order valence-electron chi connectivity index (χ1n) is 11.6. The molecule has 0 spiro atoms. The van der Waals surface area contributed by atoms with Crippen LogP contribution in [-0.4, -0.2) is 13.1 Å². The fourth-order valence-corrected chi connectivity index (χ4v) is 5.19. The smallest absolute Gasteiger partial charge is 0.0799 e. The van der Waals surface area contributed by atoms with Crippen LogP contribution in [0.25, 0.3) is 11.3 Å². The fraction of sp³-hybridized carbons (Fsp3) is 0.542. The van der Waals surface area contributed by atoms with Crippen molar-refractivity contribution in [1.29, 1.82) is 0 Å². The standard InChI is InChI=1S/C24H35NSi/c1-18(2)15-22-16-23(25-17-24(22)26(3,4)5)21-13-11-20(12-14-21)19-9-7-6-8-10-19/h11-14,16-19H,6-10,15H2,1-5H3/i15D2,19D. The second kappa shape index (κ2) is 8.08. The summed E-state index contributed by atoms with van der Waals surface area (Å²) in [5.41, 5.74) is 3.71. The molecule has 26 heavy (non-hydrogen) atoms. The SMILES string of the molecule is [2H]C1(c2ccc(-c3cc(C([2H])([2H])C(C)C)c([Si](C)(C)C)cn3)cc2)CCCCC1. The average Bonchev–Trinajstić information content (AvgIpc) is 2.67. The van der Waals surface area contributed by atoms with Gasteiger partial charge in [-0.25, -0.2) is 0 Å². The van der Waals surface area contributed by atoms with E-state index in [1.54, 1.807) is 0 Å². The second-order valence-electron chi connectivity index (χ2n) is 8.91. The summed E-state index contributed by atoms with van der Waals surface area (Å²) >= 11 is 0. The van der Waals surface area contributed by atoms with Gasteiger partial charge in [0.05, 0.1) is 13.8 Å². The van der Waals surface area contributed by atoms with E-state index in [0.29, 0.717) is 0 Å². The van der Waals surface area contributed by atoms with E-state index in [-0.39, 0.29) is 5.92 Å². The van der Waals surface area contributed by atoms with Crippen molar-refractivity contribution in [2.75, 3.05) is 0 Å². The molecule has 0 saturated heterocycles. The van der Waals surface area contributed by atoms with E-state index in [9.17, 15) is 0 Å². The zero-order valence-corrected chi connectivity index (χ0v) is 18.0. The predicted octanol–water partition coefficient (Wildman–Crippen LogP) is 6.54. The van der Waals surface area contributed by atoms with Gasteiger partial charge in [0.2, 0.25) is 0 Å². The highest BCUT2D eigenvalue weighted by molar-refractivity contribution is 6.89. The van der Waals surface area contributed by atoms with Crippen molar-refractivity contribution in [3.63, 3.8) is 0 Å². The Hall–Kier alpha value is -1.41. The first-order chi connectivity index (χ1) is 13.4. The summed E-state index contributed by atoms with van der Waals surface area (Å²) < 4.78 is 26.3. The average molecular weight is 369 g/mol. The maximum Gasteiger partial charge on any atom is 0.0799 e. The van der Waals surface area contributed by atoms with E-state index in [4.69, 9.17) is 9.10 Å². The van der Waals surface area contributed by atoms with Crippen molar-refractivity contribution in [3.05, 3.63) is 47.7 Å². The number of pyridine rings is 1. The predicted molar refractivity (Wildman–Crippen MR) is 117 cm³/mol. The lowest BCUT2D eigenvalue weighted by Gasteiger charge is -2.23. The molecule has 2 aromatic rings. The van der Waals surface area contributed by atoms with Gasteiger partial charge >= 0.3 is 0 Å². The van der Waals surface area contributed by atoms with Gasteiger partial charge < -0.3 is 0 Å². The van der Waals surface area contributed by atoms with Gasteiger partial charge in [0.1, 0.15) is 0 Å². The third-order valence-corrected chi connectivity index (χ3v) is 7.22. The molecule has 1 aliphatic carbocycles. The monoisotopic (exact) mass is 368 g/mol. The van der Waals surface area contributed by atoms with Crippen LogP contribution < -0.4 is 5.19 Å². The Morgan fingerprint density at radius 1 is 1.12 bits per heavy atom. The number of rotatable bonds is 5. The molecule has 0 radical (unpaired) electrons. The lowest BCUT2D eigenvalue weighted by atomic mass is 9.84. The zero-order chi connectivity index (χ0) is 21.4. The number of aromatic nitrogens is 1. The van der Waals surface area contributed by atoms with Gasteiger partial charge in [0.25, 0.3) is 0 Å². The van der Waals surface area contributed by atoms with Crippen LogP contribution in [-0.2, 0) is 6.37 Å². The quantitative estimate of drug-likeness (QED) is 0.546. The highest BCUT2D eigenvalue weighted by Crippen LogP contribution is 2.33. The van der Waals surface area contributed by atoms with Gasteiger partial charge in [-0.15, -0.1) is 0 Å². The van der Waals surface area contributed by atoms with E-state index in [0.717, 1.165) is 53.3 Å². The van der Waals surface area contributed by atoms with E-state index >= 15 is 0 Å². The lowest BCUT2D eigenvalue weighted by molar-refractivity contribution is 0.443. The normalized spacial score (nSPS) is 19.7. The Labute approximate surface area is 165 Å². The summed E-state index contributed by atoms with van der Waals surface area (Å²) in [7, 11) is -1.73. The largest absolute Gasteiger partial charge is 0.256 e. The van der Waals surface area contributed by atoms with Crippen molar-refractivity contribution >= 4 is 13.3 Å². The van der Waals surface area contributed by atoms with Crippen LogP contribution >= 0.6 is 0 Å². The topological polar surface area (TPSA) is 12.9 Å². The number of benzene rings is 1. The molecule has 140 valence electrons. The molecule has 1 saturated carbocycles. The summed E-state index contributed by atoms with van der Waals surface area (Å²) in [6, 6.07) is 10.3. The van der Waals surface area contributed by atoms with Crippen molar-refractivity contribution < 1.29 is 4.11 Å². The Kier molecular flexibility index (Phi) is 4.86. The molecule has 1 aliphatic rings. The summed E-state index contributed by atoms with van der Waals surface area (Å²) in [6.07, 6.45) is 5.92. The van der Waals surface area contributed by atoms with Gasteiger partial charge in [0.15, 0.2) is 0 Å². The van der Waals surface area contributed by atoms with Crippen LogP contribution in [0.2, 0.25) is 19.6 Å². The van der Waals surface area contributed by atoms with Crippen molar-refractivity contribution in [3.8, 4) is 11.3 Å². The minimum atomic E-state index is -1.73. The molecule has 1 aromatic carbocycles. The number of hydrogen-bond donors (Lipinski definition) is 0. The van der Waals surface area contributed by atoms with Crippen LogP contribution in [0.3, 0.4) is 0 Å². The van der Waals surface area contributed by atoms with Crippen LogP contribution in [0.5, 0.6) is 0 Å². The number of nitrogens with zero attached hydrogens (tertiary/aromatic N) is 1. The van der Waals surface area contributed by atoms with Crippen molar-refractivity contribution in [2.24, 2.45) is 5.92 Å². The number of hydrogen-bond acceptors (Lipinski definition) is 1. The molecule has 0 aliphatic heterocycles. The van der Waals surface area contributed by atoms with Crippen LogP contribution in [0.1, 0.15) is 67.1 Å². The van der Waals surface area contributed by atoms with E-state index < -0.39 is 20.3 Å². The Morgan fingerprint density at radius 2 is 1.77 bits per heavy atom. The van der Waals surface area contributed by atoms with Crippen LogP contribution in [0.15, 0.2) is 36.5 Å². The molecule has 0 unspecified atom stereocenters. The van der Waals surface area contributed by atoms with Gasteiger partial charge in [-0.2, -0.15) is 0 Å². The molecule has 0 bridgehead atoms. The molecule has 1 heterocycles. The minimum absolute atomic E-state index is 0.107. The third-order valence-electron chi connectivity index (χ3n) is 5.20. The van der Waals surface area contributed by atoms with Gasteiger partial charge in [-0.1, -0.05) is 77.0 Å². The fourth-order valence-electron chi connectivity index (χ4n) is 3.79. The van der Waals surface area contributed by atoms with Gasteiger partial charge in [-0.05, 0) is 53.4 Å². The van der Waals surface area contributed by atoms with Gasteiger partial charge in [-0.3, -0.25) is 4.98 Å². The molecule has 1 aromatic heterocycles. The van der Waals surface area contributed by atoms with E-state index in [1.165, 1.54) is 6.42 Å². The van der Waals surface area contributed by atoms with Crippen molar-refractivity contribution in [1.82, 2.24) is 4.98 Å². The highest BCUT2D eigenvalue weighted by Gasteiger charge is 2.22. The molecule has 1 nitrogen and oxygen atoms in total. The van der Waals surface area contributed by atoms with Crippen LogP contribution in [0.4, 0.5) is 0 Å². The maximum absolute atomic E-state index is 8.84. The molecule has 2 heteroatoms. The summed E-state index contributed by atoms with van der Waals surface area (Å²) in [5.74, 6) is -0.559. The van der Waals surface area contributed by atoms with Crippen LogP contribution in [0, 0.1) is 5.92 Å². The maximum atomic E-state index is 8.84. The molecule has 3 rings (SSSR count). The minimum Gasteiger partial charge on any atom is -0.256 e. The lowest BCUT2D eigenvalue weighted by Crippen LogP contribution is -2.40. The summed E-state index contributed by atoms with van der Waals surface area (Å²) in [6.45, 7) is 10.6. The third kappa shape index (κ3) is 4.65. The Balaban J connectivity index is 2.01. The summed E-state index contributed by atoms with van der Waals surface area (Å²) in [4.78, 5) is 4.73. The van der Waals surface area contributed by atoms with Gasteiger partial charge in [0, 0.05) is 15.9 Å². The zero-order valence-electron chi connectivity index (χ0n) is 20.0. The molecule has 1 fully saturated rings. The second-order valence-corrected chi connectivity index (χ2v) is 13.9. The Bertz CT molecular complexity index is 847. The van der Waals surface area contributed by atoms with E-state index in [2.05, 4.69) is 43.9 Å². The molecule has 0 amide bonds. The Morgan fingerprint density at radius 3 is 2.35 bits per heavy atom. The first-order valence-corrected chi connectivity index (χ1v) is 13.6. The molecular formula is C24H35NSi.